The van der Waals surface area contributed by atoms with Crippen molar-refractivity contribution in [3.63, 3.8) is 0 Å². The van der Waals surface area contributed by atoms with Gasteiger partial charge in [-0.3, -0.25) is 0 Å². The minimum atomic E-state index is 0.279. The van der Waals surface area contributed by atoms with Gasteiger partial charge in [-0.1, -0.05) is 30.5 Å². The van der Waals surface area contributed by atoms with Crippen molar-refractivity contribution in [2.75, 3.05) is 6.54 Å². The average Bonchev–Trinajstić information content (AvgIpc) is 2.41. The molecule has 0 unspecified atom stereocenters. The van der Waals surface area contributed by atoms with Crippen LogP contribution in [-0.4, -0.2) is 11.4 Å². The Bertz CT molecular complexity index is 562. The first-order valence-electron chi connectivity index (χ1n) is 6.54. The maximum Gasteiger partial charge on any atom is 0.101 e. The maximum atomic E-state index is 8.93. The second-order valence-electron chi connectivity index (χ2n) is 5.05. The molecule has 0 radical (unpaired) electrons. The molecule has 2 nitrogen and oxygen atoms in total. The van der Waals surface area contributed by atoms with Gasteiger partial charge in [0.2, 0.25) is 0 Å². The zero-order valence-electron chi connectivity index (χ0n) is 11.3. The van der Waals surface area contributed by atoms with Crippen molar-refractivity contribution < 1.29 is 0 Å². The van der Waals surface area contributed by atoms with Gasteiger partial charge in [-0.15, -0.1) is 0 Å². The predicted molar refractivity (Wildman–Crippen MR) is 77.5 cm³/mol. The number of piperidine rings is 1. The molecule has 1 aromatic carbocycles. The second-order valence-corrected chi connectivity index (χ2v) is 5.46. The van der Waals surface area contributed by atoms with Crippen LogP contribution in [0.3, 0.4) is 0 Å². The molecule has 1 fully saturated rings. The van der Waals surface area contributed by atoms with E-state index < -0.39 is 0 Å². The Hall–Kier alpha value is -1.64. The molecule has 1 aliphatic rings. The van der Waals surface area contributed by atoms with Crippen molar-refractivity contribution in [2.45, 2.75) is 32.7 Å². The van der Waals surface area contributed by atoms with Crippen molar-refractivity contribution in [2.24, 2.45) is 5.92 Å². The summed E-state index contributed by atoms with van der Waals surface area (Å²) in [5.41, 5.74) is 1.68. The van der Waals surface area contributed by atoms with E-state index in [9.17, 15) is 0 Å². The highest BCUT2D eigenvalue weighted by Gasteiger charge is 2.26. The van der Waals surface area contributed by atoms with Gasteiger partial charge in [0.15, 0.2) is 0 Å². The van der Waals surface area contributed by atoms with E-state index in [2.05, 4.69) is 29.9 Å². The van der Waals surface area contributed by atoms with E-state index in [4.69, 9.17) is 16.9 Å². The number of halogens is 1. The summed E-state index contributed by atoms with van der Waals surface area (Å²) in [7, 11) is 0. The molecule has 0 aliphatic carbocycles. The Kier molecular flexibility index (Phi) is 4.35. The molecule has 0 bridgehead atoms. The van der Waals surface area contributed by atoms with Crippen LogP contribution in [-0.2, 0) is 0 Å². The highest BCUT2D eigenvalue weighted by atomic mass is 35.5. The minimum absolute atomic E-state index is 0.279. The van der Waals surface area contributed by atoms with Crippen LogP contribution in [0.2, 0.25) is 5.02 Å². The number of hydrogen-bond acceptors (Lipinski definition) is 2. The molecule has 1 aliphatic heterocycles. The zero-order valence-corrected chi connectivity index (χ0v) is 12.0. The van der Waals surface area contributed by atoms with Crippen LogP contribution in [0.4, 0.5) is 0 Å². The van der Waals surface area contributed by atoms with Gasteiger partial charge in [-0.2, -0.15) is 5.26 Å². The number of likely N-dealkylation sites (tertiary alicyclic amines) is 1. The molecule has 1 heterocycles. The highest BCUT2D eigenvalue weighted by molar-refractivity contribution is 6.31. The summed E-state index contributed by atoms with van der Waals surface area (Å²) in [5, 5.41) is 9.46. The lowest BCUT2D eigenvalue weighted by atomic mass is 9.88. The Morgan fingerprint density at radius 3 is 2.84 bits per heavy atom. The molecule has 1 aromatic rings. The quantitative estimate of drug-likeness (QED) is 0.724. The highest BCUT2D eigenvalue weighted by Crippen LogP contribution is 2.34. The predicted octanol–water partition coefficient (Wildman–Crippen LogP) is 3.97. The largest absolute Gasteiger partial charge is 0.325 e. The molecule has 0 amide bonds. The van der Waals surface area contributed by atoms with Crippen molar-refractivity contribution in [3.8, 4) is 18.0 Å². The summed E-state index contributed by atoms with van der Waals surface area (Å²) >= 11 is 6.13. The number of benzene rings is 1. The van der Waals surface area contributed by atoms with E-state index in [-0.39, 0.29) is 6.04 Å². The Morgan fingerprint density at radius 1 is 1.42 bits per heavy atom. The zero-order chi connectivity index (χ0) is 13.8. The first kappa shape index (κ1) is 13.8. The van der Waals surface area contributed by atoms with E-state index in [0.29, 0.717) is 16.5 Å². The van der Waals surface area contributed by atoms with Gasteiger partial charge < -0.3 is 4.90 Å². The third-order valence-electron chi connectivity index (χ3n) is 3.62. The van der Waals surface area contributed by atoms with Crippen molar-refractivity contribution >= 4 is 11.6 Å². The van der Waals surface area contributed by atoms with E-state index in [1.165, 1.54) is 6.42 Å². The van der Waals surface area contributed by atoms with Crippen LogP contribution in [0.25, 0.3) is 0 Å². The van der Waals surface area contributed by atoms with E-state index in [0.717, 1.165) is 18.5 Å². The van der Waals surface area contributed by atoms with Crippen molar-refractivity contribution in [1.82, 2.24) is 4.90 Å². The summed E-state index contributed by atoms with van der Waals surface area (Å²) in [4.78, 5) is 2.19. The summed E-state index contributed by atoms with van der Waals surface area (Å²) < 4.78 is 0. The van der Waals surface area contributed by atoms with Gasteiger partial charge in [0.05, 0.1) is 16.6 Å². The third-order valence-corrected chi connectivity index (χ3v) is 3.93. The fraction of sp³-hybridized carbons (Fsp3) is 0.438. The molecule has 2 rings (SSSR count). The average molecular weight is 273 g/mol. The van der Waals surface area contributed by atoms with E-state index in [1.807, 2.05) is 19.1 Å². The van der Waals surface area contributed by atoms with Crippen molar-refractivity contribution in [3.05, 3.63) is 34.3 Å². The second kappa shape index (κ2) is 6.00. The Balaban J connectivity index is 2.33. The topological polar surface area (TPSA) is 27.0 Å². The summed E-state index contributed by atoms with van der Waals surface area (Å²) in [6, 6.07) is 11.3. The van der Waals surface area contributed by atoms with E-state index in [1.54, 1.807) is 6.07 Å². The summed E-state index contributed by atoms with van der Waals surface area (Å²) in [5.74, 6) is 3.67. The molecule has 0 N–H and O–H groups in total. The molecule has 98 valence electrons. The lowest BCUT2D eigenvalue weighted by Gasteiger charge is -2.36. The number of nitrogens with zero attached hydrogens (tertiary/aromatic N) is 2. The van der Waals surface area contributed by atoms with E-state index >= 15 is 0 Å². The van der Waals surface area contributed by atoms with Gasteiger partial charge in [0.1, 0.15) is 6.07 Å². The van der Waals surface area contributed by atoms with Crippen LogP contribution in [0.1, 0.15) is 43.9 Å². The van der Waals surface area contributed by atoms with Crippen LogP contribution in [0.15, 0.2) is 18.2 Å². The van der Waals surface area contributed by atoms with Crippen LogP contribution in [0, 0.1) is 29.2 Å². The molecule has 1 saturated heterocycles. The van der Waals surface area contributed by atoms with Gasteiger partial charge in [0, 0.05) is 12.6 Å². The molecule has 0 aromatic heterocycles. The lowest BCUT2D eigenvalue weighted by Crippen LogP contribution is -2.32. The summed E-state index contributed by atoms with van der Waals surface area (Å²) in [6.07, 6.45) is 2.26. The van der Waals surface area contributed by atoms with Gasteiger partial charge in [0.25, 0.3) is 0 Å². The normalized spacial score (nSPS) is 22.3. The first-order chi connectivity index (χ1) is 9.15. The maximum absolute atomic E-state index is 8.93. The number of hydrogen-bond donors (Lipinski definition) is 0. The molecule has 3 heteroatoms. The molecule has 0 saturated carbocycles. The number of rotatable bonds is 1. The molecular formula is C16H17ClN2. The van der Waals surface area contributed by atoms with Crippen LogP contribution >= 0.6 is 11.6 Å². The lowest BCUT2D eigenvalue weighted by molar-refractivity contribution is 0.185. The van der Waals surface area contributed by atoms with Gasteiger partial charge in [-0.05, 0) is 43.4 Å². The summed E-state index contributed by atoms with van der Waals surface area (Å²) in [6.45, 7) is 5.13. The molecule has 2 atom stereocenters. The van der Waals surface area contributed by atoms with Crippen LogP contribution < -0.4 is 0 Å². The van der Waals surface area contributed by atoms with Gasteiger partial charge in [-0.25, -0.2) is 0 Å². The Morgan fingerprint density at radius 2 is 2.21 bits per heavy atom. The monoisotopic (exact) mass is 272 g/mol. The molecule has 19 heavy (non-hydrogen) atoms. The first-order valence-corrected chi connectivity index (χ1v) is 6.92. The standard InChI is InChI=1S/C16H17ClN2/c1-3-7-19-8-6-12(2)9-16(19)13-4-5-14(11-18)15(17)10-13/h4-5,10,12,16H,6,8-9H2,1-2H3/t12-,16+/m1/s1. The van der Waals surface area contributed by atoms with Crippen LogP contribution in [0.5, 0.6) is 0 Å². The number of nitriles is 1. The van der Waals surface area contributed by atoms with Gasteiger partial charge >= 0.3 is 0 Å². The Labute approximate surface area is 120 Å². The fourth-order valence-corrected chi connectivity index (χ4v) is 2.80. The SMILES string of the molecule is CC#CN1CC[C@@H](C)C[C@H]1c1ccc(C#N)c(Cl)c1. The molecule has 0 spiro atoms. The fourth-order valence-electron chi connectivity index (χ4n) is 2.56. The smallest absolute Gasteiger partial charge is 0.101 e. The molecular weight excluding hydrogens is 256 g/mol. The minimum Gasteiger partial charge on any atom is -0.325 e. The van der Waals surface area contributed by atoms with Crippen molar-refractivity contribution in [1.29, 1.82) is 5.26 Å². The third kappa shape index (κ3) is 3.03.